The molecule has 1 N–H and O–H groups in total. The van der Waals surface area contributed by atoms with Gasteiger partial charge in [-0.2, -0.15) is 0 Å². The van der Waals surface area contributed by atoms with Gasteiger partial charge in [-0.15, -0.1) is 0 Å². The van der Waals surface area contributed by atoms with E-state index in [9.17, 15) is 14.4 Å². The van der Waals surface area contributed by atoms with Gasteiger partial charge in [-0.1, -0.05) is 30.3 Å². The van der Waals surface area contributed by atoms with Gasteiger partial charge in [-0.25, -0.2) is 4.79 Å². The maximum Gasteiger partial charge on any atom is 0.325 e. The average molecular weight is 386 g/mol. The standard InChI is InChI=1S/C20H26N4O4/c25-17(23-10-12-28-13-11-23)15-22-8-6-20(7-9-22)18(26)24(19(27)21-20)14-16-4-2-1-3-5-16/h1-5H,6-15H2,(H,21,27). The van der Waals surface area contributed by atoms with Crippen molar-refractivity contribution >= 4 is 17.8 Å². The number of rotatable bonds is 4. The second-order valence-electron chi connectivity index (χ2n) is 7.66. The van der Waals surface area contributed by atoms with E-state index in [4.69, 9.17) is 4.74 Å². The maximum atomic E-state index is 13.0. The van der Waals surface area contributed by atoms with E-state index < -0.39 is 5.54 Å². The summed E-state index contributed by atoms with van der Waals surface area (Å²) in [4.78, 5) is 43.1. The van der Waals surface area contributed by atoms with Crippen molar-refractivity contribution in [2.75, 3.05) is 45.9 Å². The zero-order chi connectivity index (χ0) is 19.6. The van der Waals surface area contributed by atoms with Crippen LogP contribution in [0.2, 0.25) is 0 Å². The lowest BCUT2D eigenvalue weighted by Gasteiger charge is -2.38. The van der Waals surface area contributed by atoms with Crippen LogP contribution in [0, 0.1) is 0 Å². The number of amides is 4. The molecule has 0 aliphatic carbocycles. The van der Waals surface area contributed by atoms with E-state index in [-0.39, 0.29) is 24.4 Å². The van der Waals surface area contributed by atoms with Gasteiger partial charge in [0.1, 0.15) is 5.54 Å². The molecule has 4 amide bonds. The van der Waals surface area contributed by atoms with Gasteiger partial charge < -0.3 is 15.0 Å². The first-order valence-electron chi connectivity index (χ1n) is 9.83. The molecule has 150 valence electrons. The molecule has 3 fully saturated rings. The van der Waals surface area contributed by atoms with Gasteiger partial charge in [0.05, 0.1) is 26.3 Å². The van der Waals surface area contributed by atoms with Crippen LogP contribution in [0.5, 0.6) is 0 Å². The van der Waals surface area contributed by atoms with E-state index in [2.05, 4.69) is 10.2 Å². The van der Waals surface area contributed by atoms with Gasteiger partial charge in [0, 0.05) is 26.2 Å². The SMILES string of the molecule is O=C(CN1CCC2(CC1)NC(=O)N(Cc1ccccc1)C2=O)N1CCOCC1. The molecule has 0 unspecified atom stereocenters. The maximum absolute atomic E-state index is 13.0. The summed E-state index contributed by atoms with van der Waals surface area (Å²) < 4.78 is 5.29. The molecular formula is C20H26N4O4. The van der Waals surface area contributed by atoms with Crippen molar-refractivity contribution in [3.63, 3.8) is 0 Å². The molecule has 4 rings (SSSR count). The number of nitrogens with one attached hydrogen (secondary N) is 1. The summed E-state index contributed by atoms with van der Waals surface area (Å²) >= 11 is 0. The van der Waals surface area contributed by atoms with Crippen LogP contribution in [0.15, 0.2) is 30.3 Å². The molecule has 8 heteroatoms. The van der Waals surface area contributed by atoms with Crippen LogP contribution in [-0.2, 0) is 20.9 Å². The molecule has 3 heterocycles. The van der Waals surface area contributed by atoms with Crippen LogP contribution in [0.1, 0.15) is 18.4 Å². The molecule has 0 saturated carbocycles. The minimum atomic E-state index is -0.829. The van der Waals surface area contributed by atoms with Gasteiger partial charge in [-0.3, -0.25) is 19.4 Å². The lowest BCUT2D eigenvalue weighted by Crippen LogP contribution is -2.56. The minimum Gasteiger partial charge on any atom is -0.378 e. The van der Waals surface area contributed by atoms with Gasteiger partial charge in [0.15, 0.2) is 0 Å². The Kier molecular flexibility index (Phi) is 5.32. The normalized spacial score (nSPS) is 22.6. The monoisotopic (exact) mass is 386 g/mol. The lowest BCUT2D eigenvalue weighted by molar-refractivity contribution is -0.137. The second kappa shape index (κ2) is 7.89. The smallest absolute Gasteiger partial charge is 0.325 e. The third kappa shape index (κ3) is 3.74. The number of carbonyl (C=O) groups excluding carboxylic acids is 3. The molecule has 8 nitrogen and oxygen atoms in total. The fraction of sp³-hybridized carbons (Fsp3) is 0.550. The number of imide groups is 1. The van der Waals surface area contributed by atoms with Crippen LogP contribution >= 0.6 is 0 Å². The fourth-order valence-electron chi connectivity index (χ4n) is 4.12. The fourth-order valence-corrected chi connectivity index (χ4v) is 4.12. The zero-order valence-electron chi connectivity index (χ0n) is 15.9. The summed E-state index contributed by atoms with van der Waals surface area (Å²) in [5, 5.41) is 2.93. The van der Waals surface area contributed by atoms with Crippen LogP contribution in [0.25, 0.3) is 0 Å². The number of benzene rings is 1. The molecule has 1 aromatic carbocycles. The van der Waals surface area contributed by atoms with E-state index in [0.717, 1.165) is 5.56 Å². The summed E-state index contributed by atoms with van der Waals surface area (Å²) in [6.07, 6.45) is 1.05. The first-order chi connectivity index (χ1) is 13.6. The molecule has 1 aromatic rings. The molecule has 0 atom stereocenters. The van der Waals surface area contributed by atoms with Crippen LogP contribution in [-0.4, -0.2) is 84.0 Å². The Morgan fingerprint density at radius 1 is 1.04 bits per heavy atom. The number of likely N-dealkylation sites (tertiary alicyclic amines) is 1. The number of nitrogens with zero attached hydrogens (tertiary/aromatic N) is 3. The highest BCUT2D eigenvalue weighted by Gasteiger charge is 2.52. The minimum absolute atomic E-state index is 0.103. The lowest BCUT2D eigenvalue weighted by atomic mass is 9.87. The number of urea groups is 1. The second-order valence-corrected chi connectivity index (χ2v) is 7.66. The predicted molar refractivity (Wildman–Crippen MR) is 101 cm³/mol. The molecule has 3 saturated heterocycles. The van der Waals surface area contributed by atoms with Gasteiger partial charge >= 0.3 is 6.03 Å². The van der Waals surface area contributed by atoms with E-state index in [1.165, 1.54) is 4.90 Å². The van der Waals surface area contributed by atoms with Crippen molar-refractivity contribution in [1.82, 2.24) is 20.0 Å². The Morgan fingerprint density at radius 2 is 1.71 bits per heavy atom. The third-order valence-corrected chi connectivity index (χ3v) is 5.86. The van der Waals surface area contributed by atoms with E-state index in [1.807, 2.05) is 35.2 Å². The Hall–Kier alpha value is -2.45. The zero-order valence-corrected chi connectivity index (χ0v) is 15.9. The van der Waals surface area contributed by atoms with Crippen molar-refractivity contribution in [3.8, 4) is 0 Å². The van der Waals surface area contributed by atoms with E-state index in [1.54, 1.807) is 0 Å². The van der Waals surface area contributed by atoms with Gasteiger partial charge in [0.25, 0.3) is 5.91 Å². The first kappa shape index (κ1) is 18.9. The molecular weight excluding hydrogens is 360 g/mol. The van der Waals surface area contributed by atoms with Crippen molar-refractivity contribution in [3.05, 3.63) is 35.9 Å². The largest absolute Gasteiger partial charge is 0.378 e. The highest BCUT2D eigenvalue weighted by Crippen LogP contribution is 2.30. The predicted octanol–water partition coefficient (Wildman–Crippen LogP) is 0.432. The average Bonchev–Trinajstić information content (AvgIpc) is 2.95. The third-order valence-electron chi connectivity index (χ3n) is 5.86. The topological polar surface area (TPSA) is 82.2 Å². The molecule has 28 heavy (non-hydrogen) atoms. The number of carbonyl (C=O) groups is 3. The number of hydrogen-bond acceptors (Lipinski definition) is 5. The molecule has 0 radical (unpaired) electrons. The summed E-state index contributed by atoms with van der Waals surface area (Å²) in [6.45, 7) is 4.32. The Balaban J connectivity index is 1.34. The summed E-state index contributed by atoms with van der Waals surface area (Å²) in [6, 6.07) is 9.19. The van der Waals surface area contributed by atoms with Gasteiger partial charge in [0.2, 0.25) is 5.91 Å². The van der Waals surface area contributed by atoms with Crippen molar-refractivity contribution < 1.29 is 19.1 Å². The Bertz CT molecular complexity index is 740. The summed E-state index contributed by atoms with van der Waals surface area (Å²) in [5.74, 6) is -0.0488. The Morgan fingerprint density at radius 3 is 2.39 bits per heavy atom. The molecule has 1 spiro atoms. The summed E-state index contributed by atoms with van der Waals surface area (Å²) in [7, 11) is 0. The van der Waals surface area contributed by atoms with Crippen LogP contribution in [0.3, 0.4) is 0 Å². The van der Waals surface area contributed by atoms with Crippen molar-refractivity contribution in [1.29, 1.82) is 0 Å². The highest BCUT2D eigenvalue weighted by molar-refractivity contribution is 6.07. The molecule has 3 aliphatic rings. The van der Waals surface area contributed by atoms with Crippen molar-refractivity contribution in [2.45, 2.75) is 24.9 Å². The number of morpholine rings is 1. The number of ether oxygens (including phenoxy) is 1. The van der Waals surface area contributed by atoms with Crippen LogP contribution in [0.4, 0.5) is 4.79 Å². The number of hydrogen-bond donors (Lipinski definition) is 1. The van der Waals surface area contributed by atoms with Crippen molar-refractivity contribution in [2.24, 2.45) is 0 Å². The first-order valence-corrected chi connectivity index (χ1v) is 9.83. The van der Waals surface area contributed by atoms with Crippen LogP contribution < -0.4 is 5.32 Å². The summed E-state index contributed by atoms with van der Waals surface area (Å²) in [5.41, 5.74) is 0.0984. The van der Waals surface area contributed by atoms with E-state index >= 15 is 0 Å². The Labute approximate surface area is 164 Å². The van der Waals surface area contributed by atoms with E-state index in [0.29, 0.717) is 58.8 Å². The van der Waals surface area contributed by atoms with Gasteiger partial charge in [-0.05, 0) is 18.4 Å². The number of piperidine rings is 1. The molecule has 3 aliphatic heterocycles. The molecule has 0 aromatic heterocycles. The molecule has 0 bridgehead atoms. The quantitative estimate of drug-likeness (QED) is 0.759. The highest BCUT2D eigenvalue weighted by atomic mass is 16.5.